The van der Waals surface area contributed by atoms with Gasteiger partial charge in [-0.1, -0.05) is 26.7 Å². The first-order valence-corrected chi connectivity index (χ1v) is 6.59. The third-order valence-electron chi connectivity index (χ3n) is 3.88. The molecule has 0 aromatic rings. The van der Waals surface area contributed by atoms with Crippen LogP contribution in [0.4, 0.5) is 0 Å². The Kier molecular flexibility index (Phi) is 8.61. The van der Waals surface area contributed by atoms with Gasteiger partial charge in [-0.25, -0.2) is 0 Å². The average Bonchev–Trinajstić information content (AvgIpc) is 2.25. The van der Waals surface area contributed by atoms with Gasteiger partial charge in [0.05, 0.1) is 0 Å². The largest absolute Gasteiger partial charge is 0.353 e. The lowest BCUT2D eigenvalue weighted by Gasteiger charge is -2.34. The van der Waals surface area contributed by atoms with Crippen molar-refractivity contribution in [3.63, 3.8) is 0 Å². The standard InChI is InChI=1S/C13H26N2O.ClH/c1-10-6-4-7-12(11(10)2)15-13(16)8-5-9-14-3;/h10-12,14H,4-9H2,1-3H3,(H,15,16);1H. The summed E-state index contributed by atoms with van der Waals surface area (Å²) in [7, 11) is 1.92. The van der Waals surface area contributed by atoms with Gasteiger partial charge in [0, 0.05) is 12.5 Å². The van der Waals surface area contributed by atoms with Crippen LogP contribution in [-0.2, 0) is 4.79 Å². The van der Waals surface area contributed by atoms with Gasteiger partial charge in [0.15, 0.2) is 0 Å². The van der Waals surface area contributed by atoms with E-state index >= 15 is 0 Å². The number of halogens is 1. The van der Waals surface area contributed by atoms with Gasteiger partial charge >= 0.3 is 0 Å². The molecule has 0 aliphatic heterocycles. The van der Waals surface area contributed by atoms with Crippen LogP contribution in [0.5, 0.6) is 0 Å². The van der Waals surface area contributed by atoms with Gasteiger partial charge in [-0.15, -0.1) is 12.4 Å². The molecule has 1 saturated carbocycles. The fourth-order valence-electron chi connectivity index (χ4n) is 2.49. The zero-order valence-corrected chi connectivity index (χ0v) is 12.1. The van der Waals surface area contributed by atoms with Crippen molar-refractivity contribution in [1.82, 2.24) is 10.6 Å². The lowest BCUT2D eigenvalue weighted by atomic mass is 9.78. The van der Waals surface area contributed by atoms with E-state index in [2.05, 4.69) is 24.5 Å². The normalized spacial score (nSPS) is 28.3. The highest BCUT2D eigenvalue weighted by molar-refractivity contribution is 5.85. The van der Waals surface area contributed by atoms with Crippen LogP contribution in [0.25, 0.3) is 0 Å². The summed E-state index contributed by atoms with van der Waals surface area (Å²) in [4.78, 5) is 11.7. The predicted octanol–water partition coefficient (Wildman–Crippen LogP) is 2.35. The number of hydrogen-bond acceptors (Lipinski definition) is 2. The molecule has 0 spiro atoms. The summed E-state index contributed by atoms with van der Waals surface area (Å²) in [5.74, 6) is 1.60. The van der Waals surface area contributed by atoms with Crippen molar-refractivity contribution >= 4 is 18.3 Å². The van der Waals surface area contributed by atoms with Crippen LogP contribution in [0.2, 0.25) is 0 Å². The van der Waals surface area contributed by atoms with Gasteiger partial charge in [-0.2, -0.15) is 0 Å². The third-order valence-corrected chi connectivity index (χ3v) is 3.88. The van der Waals surface area contributed by atoms with E-state index < -0.39 is 0 Å². The molecular weight excluding hydrogens is 236 g/mol. The summed E-state index contributed by atoms with van der Waals surface area (Å²) < 4.78 is 0. The fraction of sp³-hybridized carbons (Fsp3) is 0.923. The lowest BCUT2D eigenvalue weighted by Crippen LogP contribution is -2.43. The van der Waals surface area contributed by atoms with Crippen molar-refractivity contribution in [3.05, 3.63) is 0 Å². The number of carbonyl (C=O) groups is 1. The highest BCUT2D eigenvalue weighted by atomic mass is 35.5. The van der Waals surface area contributed by atoms with Crippen LogP contribution in [0.15, 0.2) is 0 Å². The van der Waals surface area contributed by atoms with Crippen LogP contribution in [0, 0.1) is 11.8 Å². The van der Waals surface area contributed by atoms with E-state index in [1.54, 1.807) is 0 Å². The Morgan fingerprint density at radius 2 is 2.00 bits per heavy atom. The molecule has 3 nitrogen and oxygen atoms in total. The van der Waals surface area contributed by atoms with Crippen molar-refractivity contribution in [2.45, 2.75) is 52.0 Å². The zero-order valence-electron chi connectivity index (χ0n) is 11.3. The molecule has 0 bridgehead atoms. The SMILES string of the molecule is CNCCCC(=O)NC1CCCC(C)C1C.Cl. The molecule has 3 unspecified atom stereocenters. The highest BCUT2D eigenvalue weighted by Crippen LogP contribution is 2.29. The van der Waals surface area contributed by atoms with E-state index in [0.717, 1.165) is 25.3 Å². The van der Waals surface area contributed by atoms with Gasteiger partial charge in [-0.05, 0) is 38.3 Å². The second kappa shape index (κ2) is 8.76. The molecule has 0 aromatic heterocycles. The van der Waals surface area contributed by atoms with Crippen molar-refractivity contribution < 1.29 is 4.79 Å². The maximum atomic E-state index is 11.7. The Morgan fingerprint density at radius 3 is 2.65 bits per heavy atom. The predicted molar refractivity (Wildman–Crippen MR) is 74.5 cm³/mol. The maximum Gasteiger partial charge on any atom is 0.220 e. The van der Waals surface area contributed by atoms with Gasteiger partial charge < -0.3 is 10.6 Å². The summed E-state index contributed by atoms with van der Waals surface area (Å²) in [6, 6.07) is 0.408. The number of carbonyl (C=O) groups excluding carboxylic acids is 1. The molecule has 1 aliphatic rings. The number of amides is 1. The van der Waals surface area contributed by atoms with E-state index in [4.69, 9.17) is 0 Å². The van der Waals surface area contributed by atoms with Gasteiger partial charge in [0.1, 0.15) is 0 Å². The zero-order chi connectivity index (χ0) is 12.0. The molecule has 1 fully saturated rings. The average molecular weight is 263 g/mol. The summed E-state index contributed by atoms with van der Waals surface area (Å²) in [6.07, 6.45) is 5.31. The first kappa shape index (κ1) is 16.7. The van der Waals surface area contributed by atoms with E-state index in [1.807, 2.05) is 7.05 Å². The third kappa shape index (κ3) is 5.73. The van der Waals surface area contributed by atoms with Crippen LogP contribution >= 0.6 is 12.4 Å². The molecular formula is C13H27ClN2O. The van der Waals surface area contributed by atoms with Gasteiger partial charge in [0.2, 0.25) is 5.91 Å². The van der Waals surface area contributed by atoms with Crippen LogP contribution < -0.4 is 10.6 Å². The minimum atomic E-state index is 0. The smallest absolute Gasteiger partial charge is 0.220 e. The number of hydrogen-bond donors (Lipinski definition) is 2. The molecule has 1 amide bonds. The second-order valence-corrected chi connectivity index (χ2v) is 5.15. The van der Waals surface area contributed by atoms with E-state index in [9.17, 15) is 4.79 Å². The van der Waals surface area contributed by atoms with Crippen molar-refractivity contribution in [1.29, 1.82) is 0 Å². The van der Waals surface area contributed by atoms with Crippen LogP contribution in [0.3, 0.4) is 0 Å². The first-order chi connectivity index (χ1) is 7.65. The van der Waals surface area contributed by atoms with Crippen molar-refractivity contribution in [3.8, 4) is 0 Å². The van der Waals surface area contributed by atoms with Crippen molar-refractivity contribution in [2.24, 2.45) is 11.8 Å². The monoisotopic (exact) mass is 262 g/mol. The maximum absolute atomic E-state index is 11.7. The topological polar surface area (TPSA) is 41.1 Å². The van der Waals surface area contributed by atoms with E-state index in [-0.39, 0.29) is 18.3 Å². The molecule has 3 atom stereocenters. The second-order valence-electron chi connectivity index (χ2n) is 5.15. The molecule has 2 N–H and O–H groups in total. The molecule has 0 aromatic carbocycles. The Balaban J connectivity index is 0.00000256. The first-order valence-electron chi connectivity index (χ1n) is 6.59. The molecule has 102 valence electrons. The molecule has 1 aliphatic carbocycles. The Bertz CT molecular complexity index is 223. The molecule has 17 heavy (non-hydrogen) atoms. The molecule has 0 saturated heterocycles. The summed E-state index contributed by atoms with van der Waals surface area (Å²) in [6.45, 7) is 5.48. The van der Waals surface area contributed by atoms with E-state index in [1.165, 1.54) is 12.8 Å². The van der Waals surface area contributed by atoms with Crippen molar-refractivity contribution in [2.75, 3.05) is 13.6 Å². The van der Waals surface area contributed by atoms with Crippen LogP contribution in [-0.4, -0.2) is 25.5 Å². The molecule has 0 heterocycles. The molecule has 0 radical (unpaired) electrons. The highest BCUT2D eigenvalue weighted by Gasteiger charge is 2.27. The molecule has 4 heteroatoms. The van der Waals surface area contributed by atoms with Gasteiger partial charge in [-0.3, -0.25) is 4.79 Å². The quantitative estimate of drug-likeness (QED) is 0.747. The van der Waals surface area contributed by atoms with Gasteiger partial charge in [0.25, 0.3) is 0 Å². The Labute approximate surface area is 112 Å². The minimum absolute atomic E-state index is 0. The molecule has 1 rings (SSSR count). The lowest BCUT2D eigenvalue weighted by molar-refractivity contribution is -0.122. The van der Waals surface area contributed by atoms with E-state index in [0.29, 0.717) is 18.4 Å². The number of rotatable bonds is 5. The summed E-state index contributed by atoms with van der Waals surface area (Å²) >= 11 is 0. The summed E-state index contributed by atoms with van der Waals surface area (Å²) in [5, 5.41) is 6.25. The minimum Gasteiger partial charge on any atom is -0.353 e. The fourth-order valence-corrected chi connectivity index (χ4v) is 2.49. The van der Waals surface area contributed by atoms with Crippen LogP contribution in [0.1, 0.15) is 46.0 Å². The number of nitrogens with one attached hydrogen (secondary N) is 2. The Morgan fingerprint density at radius 1 is 1.29 bits per heavy atom. The summed E-state index contributed by atoms with van der Waals surface area (Å²) in [5.41, 5.74) is 0. The Hall–Kier alpha value is -0.280.